The summed E-state index contributed by atoms with van der Waals surface area (Å²) in [4.78, 5) is 36.9. The van der Waals surface area contributed by atoms with Crippen molar-refractivity contribution in [3.05, 3.63) is 71.3 Å². The third-order valence-electron chi connectivity index (χ3n) is 4.07. The first-order valence-electron chi connectivity index (χ1n) is 7.92. The van der Waals surface area contributed by atoms with Crippen LogP contribution in [0.3, 0.4) is 0 Å². The molecule has 3 amide bonds. The summed E-state index contributed by atoms with van der Waals surface area (Å²) in [6, 6.07) is 16.0. The Labute approximate surface area is 145 Å². The van der Waals surface area contributed by atoms with E-state index in [0.717, 1.165) is 10.3 Å². The average molecular weight is 336 g/mol. The summed E-state index contributed by atoms with van der Waals surface area (Å²) in [5.41, 5.74) is 0.845. The molecule has 25 heavy (non-hydrogen) atoms. The summed E-state index contributed by atoms with van der Waals surface area (Å²) in [6.45, 7) is 3.43. The third-order valence-corrected chi connectivity index (χ3v) is 4.07. The Kier molecular flexibility index (Phi) is 4.27. The van der Waals surface area contributed by atoms with Gasteiger partial charge in [-0.25, -0.2) is 4.79 Å². The van der Waals surface area contributed by atoms with Gasteiger partial charge in [-0.15, -0.1) is 0 Å². The van der Waals surface area contributed by atoms with Gasteiger partial charge in [0.25, 0.3) is 12.5 Å². The SMILES string of the molecule is CC(C)(NC(=O)C[N+]1=NC(=O)c2ccccc2C1=O)c1ccccc1. The topological polar surface area (TPSA) is 78.6 Å². The van der Waals surface area contributed by atoms with E-state index in [-0.39, 0.29) is 17.7 Å². The van der Waals surface area contributed by atoms with E-state index < -0.39 is 23.3 Å². The number of amides is 3. The highest BCUT2D eigenvalue weighted by molar-refractivity contribution is 6.07. The van der Waals surface area contributed by atoms with Gasteiger partial charge in [0.1, 0.15) is 5.56 Å². The van der Waals surface area contributed by atoms with Crippen LogP contribution < -0.4 is 5.32 Å². The number of nitrogens with one attached hydrogen (secondary N) is 1. The number of hydrogen-bond acceptors (Lipinski definition) is 3. The van der Waals surface area contributed by atoms with E-state index in [2.05, 4.69) is 10.4 Å². The molecule has 126 valence electrons. The lowest BCUT2D eigenvalue weighted by molar-refractivity contribution is -0.483. The minimum Gasteiger partial charge on any atom is -0.342 e. The zero-order chi connectivity index (χ0) is 18.0. The molecule has 0 spiro atoms. The Morgan fingerprint density at radius 2 is 1.60 bits per heavy atom. The van der Waals surface area contributed by atoms with Crippen LogP contribution in [0.15, 0.2) is 59.7 Å². The highest BCUT2D eigenvalue weighted by Crippen LogP contribution is 2.20. The zero-order valence-electron chi connectivity index (χ0n) is 14.0. The fourth-order valence-electron chi connectivity index (χ4n) is 2.76. The van der Waals surface area contributed by atoms with Crippen LogP contribution in [0.2, 0.25) is 0 Å². The van der Waals surface area contributed by atoms with E-state index >= 15 is 0 Å². The highest BCUT2D eigenvalue weighted by Gasteiger charge is 2.36. The Morgan fingerprint density at radius 1 is 1.00 bits per heavy atom. The van der Waals surface area contributed by atoms with E-state index in [4.69, 9.17) is 0 Å². The Bertz CT molecular complexity index is 886. The van der Waals surface area contributed by atoms with Crippen molar-refractivity contribution < 1.29 is 19.1 Å². The van der Waals surface area contributed by atoms with Gasteiger partial charge in [0, 0.05) is 5.11 Å². The van der Waals surface area contributed by atoms with Gasteiger partial charge in [0.05, 0.1) is 11.1 Å². The summed E-state index contributed by atoms with van der Waals surface area (Å²) >= 11 is 0. The van der Waals surface area contributed by atoms with Gasteiger partial charge in [-0.1, -0.05) is 42.5 Å². The molecule has 1 N–H and O–H groups in total. The van der Waals surface area contributed by atoms with Crippen LogP contribution in [0.1, 0.15) is 40.1 Å². The molecule has 3 rings (SSSR count). The maximum absolute atomic E-state index is 12.4. The highest BCUT2D eigenvalue weighted by atomic mass is 16.2. The molecule has 0 aliphatic carbocycles. The number of benzene rings is 2. The van der Waals surface area contributed by atoms with Gasteiger partial charge in [0.2, 0.25) is 0 Å². The molecule has 0 unspecified atom stereocenters. The van der Waals surface area contributed by atoms with Crippen molar-refractivity contribution in [3.63, 3.8) is 0 Å². The summed E-state index contributed by atoms with van der Waals surface area (Å²) in [5.74, 6) is -1.37. The average Bonchev–Trinajstić information content (AvgIpc) is 2.60. The monoisotopic (exact) mass is 336 g/mol. The molecular formula is C19H18N3O3+. The minimum atomic E-state index is -0.612. The predicted molar refractivity (Wildman–Crippen MR) is 90.3 cm³/mol. The van der Waals surface area contributed by atoms with Crippen molar-refractivity contribution in [1.82, 2.24) is 5.32 Å². The second kappa shape index (κ2) is 6.39. The molecule has 0 radical (unpaired) electrons. The van der Waals surface area contributed by atoms with Gasteiger partial charge in [-0.3, -0.25) is 9.59 Å². The fourth-order valence-corrected chi connectivity index (χ4v) is 2.76. The Balaban J connectivity index is 1.76. The number of fused-ring (bicyclic) bond motifs is 1. The maximum Gasteiger partial charge on any atom is 0.445 e. The molecule has 1 aliphatic heterocycles. The molecule has 0 saturated carbocycles. The number of carbonyl (C=O) groups excluding carboxylic acids is 3. The van der Waals surface area contributed by atoms with Crippen molar-refractivity contribution in [2.45, 2.75) is 19.4 Å². The molecule has 6 heteroatoms. The Morgan fingerprint density at radius 3 is 2.28 bits per heavy atom. The summed E-state index contributed by atoms with van der Waals surface area (Å²) < 4.78 is 0.918. The summed E-state index contributed by atoms with van der Waals surface area (Å²) in [7, 11) is 0. The van der Waals surface area contributed by atoms with Gasteiger partial charge < -0.3 is 5.32 Å². The summed E-state index contributed by atoms with van der Waals surface area (Å²) in [5, 5.41) is 6.61. The lowest BCUT2D eigenvalue weighted by Gasteiger charge is -2.26. The number of hydrogen-bond donors (Lipinski definition) is 1. The van der Waals surface area contributed by atoms with Crippen LogP contribution in [-0.4, -0.2) is 29.0 Å². The minimum absolute atomic E-state index is 0.258. The molecule has 0 saturated heterocycles. The number of rotatable bonds is 4. The van der Waals surface area contributed by atoms with Gasteiger partial charge in [0.15, 0.2) is 0 Å². The van der Waals surface area contributed by atoms with Crippen molar-refractivity contribution in [3.8, 4) is 0 Å². The van der Waals surface area contributed by atoms with E-state index in [0.29, 0.717) is 0 Å². The van der Waals surface area contributed by atoms with E-state index in [1.54, 1.807) is 24.3 Å². The van der Waals surface area contributed by atoms with Crippen LogP contribution in [-0.2, 0) is 10.3 Å². The second-order valence-corrected chi connectivity index (χ2v) is 6.35. The van der Waals surface area contributed by atoms with Gasteiger partial charge in [-0.05, 0) is 36.2 Å². The van der Waals surface area contributed by atoms with Crippen LogP contribution >= 0.6 is 0 Å². The maximum atomic E-state index is 12.4. The first-order chi connectivity index (χ1) is 11.9. The summed E-state index contributed by atoms with van der Waals surface area (Å²) in [6.07, 6.45) is 0. The molecule has 2 aromatic carbocycles. The van der Waals surface area contributed by atoms with Crippen LogP contribution in [0.25, 0.3) is 0 Å². The molecular weight excluding hydrogens is 318 g/mol. The fraction of sp³-hybridized carbons (Fsp3) is 0.211. The smallest absolute Gasteiger partial charge is 0.342 e. The van der Waals surface area contributed by atoms with Crippen molar-refractivity contribution in [2.24, 2.45) is 5.11 Å². The molecule has 1 heterocycles. The number of carbonyl (C=O) groups is 3. The quantitative estimate of drug-likeness (QED) is 0.871. The second-order valence-electron chi connectivity index (χ2n) is 6.35. The Hall–Kier alpha value is -3.15. The zero-order valence-corrected chi connectivity index (χ0v) is 14.0. The molecule has 1 aliphatic rings. The number of nitrogens with zero attached hydrogens (tertiary/aromatic N) is 2. The molecule has 0 aromatic heterocycles. The lowest BCUT2D eigenvalue weighted by Crippen LogP contribution is -2.45. The molecule has 2 aromatic rings. The normalized spacial score (nSPS) is 13.9. The molecule has 6 nitrogen and oxygen atoms in total. The van der Waals surface area contributed by atoms with E-state index in [1.807, 2.05) is 44.2 Å². The first-order valence-corrected chi connectivity index (χ1v) is 7.92. The predicted octanol–water partition coefficient (Wildman–Crippen LogP) is 2.50. The first kappa shape index (κ1) is 16.7. The van der Waals surface area contributed by atoms with Crippen LogP contribution in [0.5, 0.6) is 0 Å². The largest absolute Gasteiger partial charge is 0.445 e. The number of azo groups is 2. The van der Waals surface area contributed by atoms with Gasteiger partial charge >= 0.3 is 11.8 Å². The van der Waals surface area contributed by atoms with E-state index in [1.165, 1.54) is 0 Å². The van der Waals surface area contributed by atoms with Gasteiger partial charge in [-0.2, -0.15) is 0 Å². The van der Waals surface area contributed by atoms with Crippen molar-refractivity contribution in [1.29, 1.82) is 0 Å². The standard InChI is InChI=1S/C19H17N3O3/c1-19(2,13-8-4-3-5-9-13)20-16(23)12-22-18(25)15-11-7-6-10-14(15)17(24)21-22/h3-11H,12H2,1-2H3/p+1. The van der Waals surface area contributed by atoms with Crippen molar-refractivity contribution in [2.75, 3.05) is 6.54 Å². The third kappa shape index (κ3) is 3.38. The lowest BCUT2D eigenvalue weighted by atomic mass is 9.94. The molecule has 0 fully saturated rings. The van der Waals surface area contributed by atoms with Crippen LogP contribution in [0, 0.1) is 0 Å². The van der Waals surface area contributed by atoms with Crippen LogP contribution in [0.4, 0.5) is 0 Å². The molecule has 0 atom stereocenters. The van der Waals surface area contributed by atoms with E-state index in [9.17, 15) is 14.4 Å². The van der Waals surface area contributed by atoms with Crippen molar-refractivity contribution >= 4 is 17.7 Å². The molecule has 0 bridgehead atoms.